The summed E-state index contributed by atoms with van der Waals surface area (Å²) in [5.74, 6) is 0. The molecule has 0 radical (unpaired) electrons. The Morgan fingerprint density at radius 3 is 2.62 bits per heavy atom. The largest absolute Gasteiger partial charge is 0.381 e. The molecule has 1 aliphatic rings. The number of benzene rings is 1. The Balaban J connectivity index is 2.39. The van der Waals surface area contributed by atoms with Gasteiger partial charge < -0.3 is 5.11 Å². The van der Waals surface area contributed by atoms with E-state index in [0.717, 1.165) is 17.6 Å². The molecule has 82 valence electrons. The van der Waals surface area contributed by atoms with E-state index in [-0.39, 0.29) is 0 Å². The fourth-order valence-corrected chi connectivity index (χ4v) is 1.83. The molecule has 1 N–H and O–H groups in total. The Hall–Kier alpha value is -1.60. The van der Waals surface area contributed by atoms with E-state index in [2.05, 4.69) is 12.2 Å². The SMILES string of the molecule is CC(O)(C1=CC=CCC=C1)c1ccccc1. The summed E-state index contributed by atoms with van der Waals surface area (Å²) in [6.07, 6.45) is 11.0. The van der Waals surface area contributed by atoms with Crippen molar-refractivity contribution in [1.29, 1.82) is 0 Å². The van der Waals surface area contributed by atoms with Crippen LogP contribution in [0.25, 0.3) is 0 Å². The molecule has 1 heteroatoms. The van der Waals surface area contributed by atoms with E-state index in [1.165, 1.54) is 0 Å². The van der Waals surface area contributed by atoms with Gasteiger partial charge in [-0.15, -0.1) is 0 Å². The zero-order valence-electron chi connectivity index (χ0n) is 9.43. The van der Waals surface area contributed by atoms with Gasteiger partial charge in [-0.3, -0.25) is 0 Å². The Morgan fingerprint density at radius 2 is 1.88 bits per heavy atom. The van der Waals surface area contributed by atoms with Crippen molar-refractivity contribution < 1.29 is 5.11 Å². The first-order valence-electron chi connectivity index (χ1n) is 5.53. The third-order valence-corrected chi connectivity index (χ3v) is 2.88. The average molecular weight is 212 g/mol. The molecule has 16 heavy (non-hydrogen) atoms. The molecular weight excluding hydrogens is 196 g/mol. The van der Waals surface area contributed by atoms with E-state index < -0.39 is 5.60 Å². The Labute approximate surface area is 96.4 Å². The summed E-state index contributed by atoms with van der Waals surface area (Å²) >= 11 is 0. The van der Waals surface area contributed by atoms with Gasteiger partial charge in [0, 0.05) is 0 Å². The van der Waals surface area contributed by atoms with Crippen LogP contribution in [0.2, 0.25) is 0 Å². The number of aliphatic hydroxyl groups is 1. The summed E-state index contributed by atoms with van der Waals surface area (Å²) in [6.45, 7) is 1.83. The lowest BCUT2D eigenvalue weighted by Crippen LogP contribution is -2.22. The fraction of sp³-hybridized carbons (Fsp3) is 0.200. The highest BCUT2D eigenvalue weighted by Crippen LogP contribution is 2.30. The number of hydrogen-bond donors (Lipinski definition) is 1. The second-order valence-electron chi connectivity index (χ2n) is 4.13. The third-order valence-electron chi connectivity index (χ3n) is 2.88. The van der Waals surface area contributed by atoms with Gasteiger partial charge >= 0.3 is 0 Å². The summed E-state index contributed by atoms with van der Waals surface area (Å²) in [5.41, 5.74) is 0.917. The predicted octanol–water partition coefficient (Wildman–Crippen LogP) is 3.34. The van der Waals surface area contributed by atoms with Gasteiger partial charge in [-0.05, 0) is 24.5 Å². The molecule has 0 aliphatic heterocycles. The molecule has 1 aromatic rings. The van der Waals surface area contributed by atoms with E-state index >= 15 is 0 Å². The summed E-state index contributed by atoms with van der Waals surface area (Å²) in [4.78, 5) is 0. The highest BCUT2D eigenvalue weighted by Gasteiger charge is 2.25. The topological polar surface area (TPSA) is 20.2 Å². The van der Waals surface area contributed by atoms with Crippen LogP contribution in [-0.4, -0.2) is 5.11 Å². The van der Waals surface area contributed by atoms with Crippen molar-refractivity contribution in [2.75, 3.05) is 0 Å². The van der Waals surface area contributed by atoms with Crippen molar-refractivity contribution in [3.8, 4) is 0 Å². The average Bonchev–Trinajstić information content (AvgIpc) is 2.59. The van der Waals surface area contributed by atoms with E-state index in [9.17, 15) is 5.11 Å². The van der Waals surface area contributed by atoms with Crippen LogP contribution in [-0.2, 0) is 5.60 Å². The Morgan fingerprint density at radius 1 is 1.12 bits per heavy atom. The minimum atomic E-state index is -0.924. The molecule has 1 aromatic carbocycles. The van der Waals surface area contributed by atoms with Crippen molar-refractivity contribution in [2.45, 2.75) is 18.9 Å². The Bertz CT molecular complexity index is 436. The van der Waals surface area contributed by atoms with Gasteiger partial charge in [-0.1, -0.05) is 60.7 Å². The van der Waals surface area contributed by atoms with Gasteiger partial charge in [0.15, 0.2) is 0 Å². The summed E-state index contributed by atoms with van der Waals surface area (Å²) in [7, 11) is 0. The summed E-state index contributed by atoms with van der Waals surface area (Å²) < 4.78 is 0. The van der Waals surface area contributed by atoms with Crippen molar-refractivity contribution in [3.63, 3.8) is 0 Å². The van der Waals surface area contributed by atoms with Crippen molar-refractivity contribution in [3.05, 3.63) is 71.8 Å². The van der Waals surface area contributed by atoms with Crippen LogP contribution in [0.15, 0.2) is 66.3 Å². The molecule has 1 aliphatic carbocycles. The molecule has 0 fully saturated rings. The highest BCUT2D eigenvalue weighted by molar-refractivity contribution is 5.40. The first kappa shape index (κ1) is 10.9. The fourth-order valence-electron chi connectivity index (χ4n) is 1.83. The summed E-state index contributed by atoms with van der Waals surface area (Å²) in [5, 5.41) is 10.6. The molecule has 0 aromatic heterocycles. The van der Waals surface area contributed by atoms with Crippen LogP contribution in [0, 0.1) is 0 Å². The maximum Gasteiger partial charge on any atom is 0.112 e. The maximum absolute atomic E-state index is 10.6. The quantitative estimate of drug-likeness (QED) is 0.797. The standard InChI is InChI=1S/C15H16O/c1-15(16,14-11-7-4-8-12-14)13-9-5-2-3-6-10-13/h2,4-12,16H,3H2,1H3. The van der Waals surface area contributed by atoms with Crippen LogP contribution in [0.1, 0.15) is 18.9 Å². The van der Waals surface area contributed by atoms with Gasteiger partial charge in [0.2, 0.25) is 0 Å². The van der Waals surface area contributed by atoms with Crippen LogP contribution in [0.5, 0.6) is 0 Å². The molecule has 1 atom stereocenters. The molecule has 2 rings (SSSR count). The van der Waals surface area contributed by atoms with Crippen molar-refractivity contribution >= 4 is 0 Å². The second-order valence-corrected chi connectivity index (χ2v) is 4.13. The molecule has 0 bridgehead atoms. The molecule has 0 spiro atoms. The third kappa shape index (κ3) is 2.15. The van der Waals surface area contributed by atoms with Gasteiger partial charge in [0.1, 0.15) is 5.60 Å². The minimum absolute atomic E-state index is 0.918. The molecule has 0 heterocycles. The zero-order valence-corrected chi connectivity index (χ0v) is 9.43. The van der Waals surface area contributed by atoms with E-state index in [0.29, 0.717) is 0 Å². The molecule has 0 saturated heterocycles. The number of hydrogen-bond acceptors (Lipinski definition) is 1. The Kier molecular flexibility index (Phi) is 3.07. The predicted molar refractivity (Wildman–Crippen MR) is 67.0 cm³/mol. The van der Waals surface area contributed by atoms with Crippen molar-refractivity contribution in [1.82, 2.24) is 0 Å². The lowest BCUT2D eigenvalue weighted by Gasteiger charge is -2.25. The molecule has 1 unspecified atom stereocenters. The number of allylic oxidation sites excluding steroid dienone is 4. The zero-order chi connectivity index (χ0) is 11.4. The number of rotatable bonds is 2. The second kappa shape index (κ2) is 4.50. The smallest absolute Gasteiger partial charge is 0.112 e. The van der Waals surface area contributed by atoms with Crippen LogP contribution in [0.3, 0.4) is 0 Å². The normalized spacial score (nSPS) is 18.8. The van der Waals surface area contributed by atoms with Gasteiger partial charge in [0.05, 0.1) is 0 Å². The molecule has 0 saturated carbocycles. The van der Waals surface area contributed by atoms with Gasteiger partial charge in [0.25, 0.3) is 0 Å². The first-order chi connectivity index (χ1) is 7.71. The molecule has 0 amide bonds. The van der Waals surface area contributed by atoms with Crippen LogP contribution in [0.4, 0.5) is 0 Å². The summed E-state index contributed by atoms with van der Waals surface area (Å²) in [6, 6.07) is 9.74. The lowest BCUT2D eigenvalue weighted by molar-refractivity contribution is 0.101. The first-order valence-corrected chi connectivity index (χ1v) is 5.53. The molecule has 1 nitrogen and oxygen atoms in total. The highest BCUT2D eigenvalue weighted by atomic mass is 16.3. The van der Waals surface area contributed by atoms with Gasteiger partial charge in [-0.25, -0.2) is 0 Å². The lowest BCUT2D eigenvalue weighted by atomic mass is 9.87. The van der Waals surface area contributed by atoms with E-state index in [1.807, 2.05) is 55.5 Å². The van der Waals surface area contributed by atoms with E-state index in [1.54, 1.807) is 0 Å². The van der Waals surface area contributed by atoms with Crippen LogP contribution < -0.4 is 0 Å². The molecular formula is C15H16O. The van der Waals surface area contributed by atoms with E-state index in [4.69, 9.17) is 0 Å². The van der Waals surface area contributed by atoms with Crippen molar-refractivity contribution in [2.24, 2.45) is 0 Å². The monoisotopic (exact) mass is 212 g/mol. The maximum atomic E-state index is 10.6. The van der Waals surface area contributed by atoms with Crippen LogP contribution >= 0.6 is 0 Å². The van der Waals surface area contributed by atoms with Gasteiger partial charge in [-0.2, -0.15) is 0 Å². The minimum Gasteiger partial charge on any atom is -0.381 e.